The van der Waals surface area contributed by atoms with Crippen LogP contribution in [0.3, 0.4) is 0 Å². The molecule has 8 heteroatoms. The summed E-state index contributed by atoms with van der Waals surface area (Å²) in [5.74, 6) is 1.17. The van der Waals surface area contributed by atoms with Crippen LogP contribution in [-0.2, 0) is 7.05 Å². The Kier molecular flexibility index (Phi) is 5.28. The summed E-state index contributed by atoms with van der Waals surface area (Å²) in [5.41, 5.74) is 10.4. The van der Waals surface area contributed by atoms with Crippen LogP contribution in [-0.4, -0.2) is 30.7 Å². The number of benzene rings is 2. The van der Waals surface area contributed by atoms with Gasteiger partial charge in [0.05, 0.1) is 0 Å². The molecule has 0 saturated carbocycles. The van der Waals surface area contributed by atoms with E-state index in [4.69, 9.17) is 15.5 Å². The first-order valence-corrected chi connectivity index (χ1v) is 9.59. The average molecular weight is 414 g/mol. The average Bonchev–Trinajstić information content (AvgIpc) is 3.49. The lowest BCUT2D eigenvalue weighted by Crippen LogP contribution is -2.13. The Bertz CT molecular complexity index is 1410. The molecule has 156 valence electrons. The summed E-state index contributed by atoms with van der Waals surface area (Å²) in [6, 6.07) is 15.9. The minimum absolute atomic E-state index is 0.139. The lowest BCUT2D eigenvalue weighted by Gasteiger charge is -1.96. The number of aromatic nitrogens is 4. The van der Waals surface area contributed by atoms with E-state index in [1.165, 1.54) is 0 Å². The lowest BCUT2D eigenvalue weighted by atomic mass is 10.1. The number of aromatic amines is 1. The van der Waals surface area contributed by atoms with Crippen LogP contribution < -0.4 is 5.73 Å². The number of fused-ring (bicyclic) bond motifs is 2. The van der Waals surface area contributed by atoms with E-state index in [2.05, 4.69) is 43.6 Å². The Morgan fingerprint density at radius 2 is 1.90 bits per heavy atom. The molecule has 0 aliphatic carbocycles. The van der Waals surface area contributed by atoms with E-state index in [0.29, 0.717) is 11.7 Å². The Morgan fingerprint density at radius 3 is 2.61 bits per heavy atom. The fourth-order valence-corrected chi connectivity index (χ4v) is 3.60. The van der Waals surface area contributed by atoms with Gasteiger partial charge in [-0.1, -0.05) is 53.3 Å². The molecule has 0 aliphatic rings. The number of hydrogen-bond donors (Lipinski definition) is 3. The SMILES string of the molecule is C=Cc1nc(-c2cn(C)c3ccccc23)no1.Cc1[nH]c2ccccc2c1C(N)=NO. The maximum absolute atomic E-state index is 8.64. The molecule has 0 atom stereocenters. The Hall–Kier alpha value is -4.33. The number of nitrogens with zero attached hydrogens (tertiary/aromatic N) is 4. The smallest absolute Gasteiger partial charge is 0.250 e. The number of rotatable bonds is 3. The van der Waals surface area contributed by atoms with Crippen molar-refractivity contribution in [3.8, 4) is 11.4 Å². The molecule has 4 N–H and O–H groups in total. The third kappa shape index (κ3) is 3.66. The minimum Gasteiger partial charge on any atom is -0.409 e. The predicted octanol–water partition coefficient (Wildman–Crippen LogP) is 4.44. The zero-order valence-electron chi connectivity index (χ0n) is 17.2. The van der Waals surface area contributed by atoms with Crippen molar-refractivity contribution in [3.05, 3.63) is 78.5 Å². The van der Waals surface area contributed by atoms with Gasteiger partial charge in [-0.15, -0.1) is 0 Å². The van der Waals surface area contributed by atoms with Gasteiger partial charge in [0.25, 0.3) is 0 Å². The van der Waals surface area contributed by atoms with Gasteiger partial charge in [0, 0.05) is 51.9 Å². The largest absolute Gasteiger partial charge is 0.409 e. The summed E-state index contributed by atoms with van der Waals surface area (Å²) in [4.78, 5) is 7.42. The lowest BCUT2D eigenvalue weighted by molar-refractivity contribution is 0.318. The van der Waals surface area contributed by atoms with E-state index in [0.717, 1.165) is 38.6 Å². The van der Waals surface area contributed by atoms with E-state index in [-0.39, 0.29) is 5.84 Å². The van der Waals surface area contributed by atoms with Crippen LogP contribution >= 0.6 is 0 Å². The molecule has 0 radical (unpaired) electrons. The summed E-state index contributed by atoms with van der Waals surface area (Å²) in [7, 11) is 2.00. The standard InChI is InChI=1S/C13H11N3O.C10H11N3O/c1-3-12-14-13(15-17-12)10-8-16(2)11-7-5-4-6-9(10)11;1-6-9(10(11)13-14)7-4-2-3-5-8(7)12-6/h3-8H,1H2,2H3;2-5,12,14H,1H3,(H2,11,13). The summed E-state index contributed by atoms with van der Waals surface area (Å²) in [6.07, 6.45) is 3.55. The van der Waals surface area contributed by atoms with E-state index >= 15 is 0 Å². The van der Waals surface area contributed by atoms with Crippen molar-refractivity contribution < 1.29 is 9.73 Å². The highest BCUT2D eigenvalue weighted by molar-refractivity contribution is 6.09. The van der Waals surface area contributed by atoms with Crippen molar-refractivity contribution in [2.24, 2.45) is 17.9 Å². The van der Waals surface area contributed by atoms with Crippen molar-refractivity contribution >= 4 is 33.7 Å². The molecule has 5 aromatic rings. The first kappa shape index (κ1) is 20.0. The molecule has 8 nitrogen and oxygen atoms in total. The summed E-state index contributed by atoms with van der Waals surface area (Å²) >= 11 is 0. The maximum atomic E-state index is 8.64. The van der Waals surface area contributed by atoms with Gasteiger partial charge in [0.1, 0.15) is 0 Å². The van der Waals surface area contributed by atoms with Crippen LogP contribution in [0.2, 0.25) is 0 Å². The first-order chi connectivity index (χ1) is 15.0. The van der Waals surface area contributed by atoms with E-state index < -0.39 is 0 Å². The van der Waals surface area contributed by atoms with Gasteiger partial charge in [-0.05, 0) is 25.1 Å². The molecule has 0 aliphatic heterocycles. The van der Waals surface area contributed by atoms with Crippen molar-refractivity contribution in [1.82, 2.24) is 19.7 Å². The van der Waals surface area contributed by atoms with Gasteiger partial charge in [-0.25, -0.2) is 0 Å². The van der Waals surface area contributed by atoms with Gasteiger partial charge in [0.15, 0.2) is 5.84 Å². The zero-order valence-corrected chi connectivity index (χ0v) is 17.2. The summed E-state index contributed by atoms with van der Waals surface area (Å²) in [6.45, 7) is 5.50. The molecule has 0 saturated heterocycles. The number of hydrogen-bond acceptors (Lipinski definition) is 5. The highest BCUT2D eigenvalue weighted by Gasteiger charge is 2.13. The molecule has 0 amide bonds. The Labute approximate surface area is 178 Å². The maximum Gasteiger partial charge on any atom is 0.250 e. The highest BCUT2D eigenvalue weighted by Crippen LogP contribution is 2.28. The number of oxime groups is 1. The van der Waals surface area contributed by atoms with Gasteiger partial charge in [0.2, 0.25) is 11.7 Å². The Morgan fingerprint density at radius 1 is 1.19 bits per heavy atom. The molecule has 0 bridgehead atoms. The number of nitrogens with two attached hydrogens (primary N) is 1. The highest BCUT2D eigenvalue weighted by atomic mass is 16.5. The zero-order chi connectivity index (χ0) is 22.0. The summed E-state index contributed by atoms with van der Waals surface area (Å²) < 4.78 is 7.09. The second-order valence-corrected chi connectivity index (χ2v) is 6.99. The fourth-order valence-electron chi connectivity index (χ4n) is 3.60. The van der Waals surface area contributed by atoms with Crippen LogP contribution in [0.4, 0.5) is 0 Å². The molecular weight excluding hydrogens is 392 g/mol. The quantitative estimate of drug-likeness (QED) is 0.175. The molecule has 31 heavy (non-hydrogen) atoms. The van der Waals surface area contributed by atoms with Crippen molar-refractivity contribution in [2.75, 3.05) is 0 Å². The van der Waals surface area contributed by atoms with Crippen LogP contribution in [0.25, 0.3) is 39.3 Å². The van der Waals surface area contributed by atoms with E-state index in [9.17, 15) is 0 Å². The van der Waals surface area contributed by atoms with Crippen LogP contribution in [0.1, 0.15) is 17.1 Å². The van der Waals surface area contributed by atoms with Crippen LogP contribution in [0.15, 0.2) is 71.0 Å². The monoisotopic (exact) mass is 414 g/mol. The molecule has 0 fully saturated rings. The van der Waals surface area contributed by atoms with Crippen molar-refractivity contribution in [3.63, 3.8) is 0 Å². The third-order valence-electron chi connectivity index (χ3n) is 5.01. The molecule has 2 aromatic carbocycles. The van der Waals surface area contributed by atoms with E-state index in [1.807, 2.05) is 56.6 Å². The topological polar surface area (TPSA) is 118 Å². The number of aryl methyl sites for hydroxylation is 2. The summed E-state index contributed by atoms with van der Waals surface area (Å²) in [5, 5.41) is 17.7. The number of H-pyrrole nitrogens is 1. The molecule has 3 heterocycles. The second kappa shape index (κ2) is 8.19. The van der Waals surface area contributed by atoms with Gasteiger partial charge >= 0.3 is 0 Å². The van der Waals surface area contributed by atoms with E-state index in [1.54, 1.807) is 6.08 Å². The van der Waals surface area contributed by atoms with Crippen LogP contribution in [0, 0.1) is 6.92 Å². The second-order valence-electron chi connectivity index (χ2n) is 6.99. The number of nitrogens with one attached hydrogen (secondary N) is 1. The molecule has 0 unspecified atom stereocenters. The van der Waals surface area contributed by atoms with Gasteiger partial charge < -0.3 is 25.0 Å². The third-order valence-corrected chi connectivity index (χ3v) is 5.01. The predicted molar refractivity (Wildman–Crippen MR) is 122 cm³/mol. The number of amidine groups is 1. The molecule has 0 spiro atoms. The fraction of sp³-hybridized carbons (Fsp3) is 0.0870. The van der Waals surface area contributed by atoms with Gasteiger partial charge in [-0.3, -0.25) is 0 Å². The van der Waals surface area contributed by atoms with Crippen LogP contribution in [0.5, 0.6) is 0 Å². The van der Waals surface area contributed by atoms with Crippen molar-refractivity contribution in [2.45, 2.75) is 6.92 Å². The van der Waals surface area contributed by atoms with Gasteiger partial charge in [-0.2, -0.15) is 4.98 Å². The Balaban J connectivity index is 0.000000152. The molecule has 3 aromatic heterocycles. The van der Waals surface area contributed by atoms with Crippen molar-refractivity contribution in [1.29, 1.82) is 0 Å². The first-order valence-electron chi connectivity index (χ1n) is 9.59. The molecular formula is C23H22N6O2. The number of para-hydroxylation sites is 2. The molecule has 5 rings (SSSR count). The normalized spacial score (nSPS) is 11.5. The minimum atomic E-state index is 0.139.